The van der Waals surface area contributed by atoms with Gasteiger partial charge in [-0.25, -0.2) is 18.5 Å². The maximum atomic E-state index is 11.2. The molecule has 7 heteroatoms. The van der Waals surface area contributed by atoms with E-state index in [1.165, 1.54) is 12.1 Å². The molecule has 21 heavy (non-hydrogen) atoms. The monoisotopic (exact) mass is 308 g/mol. The molecule has 0 aliphatic rings. The van der Waals surface area contributed by atoms with Gasteiger partial charge in [-0.2, -0.15) is 0 Å². The molecule has 1 aromatic carbocycles. The number of nitrogens with zero attached hydrogens (tertiary/aromatic N) is 2. The molecule has 0 aliphatic carbocycles. The minimum atomic E-state index is -3.64. The van der Waals surface area contributed by atoms with Crippen LogP contribution in [0.2, 0.25) is 0 Å². The van der Waals surface area contributed by atoms with Gasteiger partial charge in [-0.15, -0.1) is 0 Å². The van der Waals surface area contributed by atoms with Crippen molar-refractivity contribution in [2.45, 2.75) is 37.9 Å². The van der Waals surface area contributed by atoms with Gasteiger partial charge < -0.3 is 9.88 Å². The van der Waals surface area contributed by atoms with E-state index in [0.29, 0.717) is 6.54 Å². The second-order valence-electron chi connectivity index (χ2n) is 4.85. The fraction of sp³-hybridized carbons (Fsp3) is 0.357. The Morgan fingerprint density at radius 2 is 2.00 bits per heavy atom. The molecule has 3 N–H and O–H groups in total. The van der Waals surface area contributed by atoms with E-state index in [0.717, 1.165) is 17.9 Å². The molecular weight excluding hydrogens is 288 g/mol. The predicted molar refractivity (Wildman–Crippen MR) is 81.0 cm³/mol. The van der Waals surface area contributed by atoms with Crippen molar-refractivity contribution < 1.29 is 8.42 Å². The van der Waals surface area contributed by atoms with E-state index in [1.54, 1.807) is 18.3 Å². The van der Waals surface area contributed by atoms with E-state index in [2.05, 4.69) is 21.8 Å². The summed E-state index contributed by atoms with van der Waals surface area (Å²) in [5.41, 5.74) is 0.997. The fourth-order valence-electron chi connectivity index (χ4n) is 2.10. The lowest BCUT2D eigenvalue weighted by Gasteiger charge is -2.15. The van der Waals surface area contributed by atoms with Gasteiger partial charge in [0.05, 0.1) is 11.4 Å². The van der Waals surface area contributed by atoms with Crippen molar-refractivity contribution in [2.24, 2.45) is 5.14 Å². The Labute approximate surface area is 125 Å². The largest absolute Gasteiger partial charge is 0.334 e. The van der Waals surface area contributed by atoms with Gasteiger partial charge in [0, 0.05) is 25.0 Å². The molecule has 1 aromatic heterocycles. The number of nitrogens with one attached hydrogen (secondary N) is 1. The van der Waals surface area contributed by atoms with Crippen molar-refractivity contribution in [1.29, 1.82) is 0 Å². The molecule has 1 unspecified atom stereocenters. The van der Waals surface area contributed by atoms with E-state index in [-0.39, 0.29) is 10.9 Å². The highest BCUT2D eigenvalue weighted by Gasteiger charge is 2.10. The number of aryl methyl sites for hydroxylation is 1. The van der Waals surface area contributed by atoms with Crippen LogP contribution in [-0.4, -0.2) is 18.0 Å². The Morgan fingerprint density at radius 3 is 2.57 bits per heavy atom. The van der Waals surface area contributed by atoms with Gasteiger partial charge in [-0.05, 0) is 31.5 Å². The summed E-state index contributed by atoms with van der Waals surface area (Å²) in [6, 6.07) is 6.67. The van der Waals surface area contributed by atoms with Crippen LogP contribution in [0.3, 0.4) is 0 Å². The number of nitrogens with two attached hydrogens (primary N) is 1. The Hall–Kier alpha value is -1.70. The van der Waals surface area contributed by atoms with Crippen LogP contribution in [-0.2, 0) is 23.1 Å². The first-order valence-corrected chi connectivity index (χ1v) is 8.32. The molecule has 0 aliphatic heterocycles. The number of primary sulfonamides is 1. The maximum Gasteiger partial charge on any atom is 0.238 e. The van der Waals surface area contributed by atoms with Crippen molar-refractivity contribution in [3.8, 4) is 0 Å². The quantitative estimate of drug-likeness (QED) is 0.844. The van der Waals surface area contributed by atoms with Crippen molar-refractivity contribution in [1.82, 2.24) is 14.9 Å². The summed E-state index contributed by atoms with van der Waals surface area (Å²) in [6.45, 7) is 5.62. The molecule has 0 fully saturated rings. The molecule has 0 amide bonds. The summed E-state index contributed by atoms with van der Waals surface area (Å²) in [5.74, 6) is 0.977. The molecule has 114 valence electrons. The molecule has 1 atom stereocenters. The average Bonchev–Trinajstić information content (AvgIpc) is 2.91. The van der Waals surface area contributed by atoms with Crippen molar-refractivity contribution in [3.05, 3.63) is 48.0 Å². The number of hydrogen-bond acceptors (Lipinski definition) is 4. The lowest BCUT2D eigenvalue weighted by Crippen LogP contribution is -2.20. The molecule has 0 saturated heterocycles. The lowest BCUT2D eigenvalue weighted by atomic mass is 10.1. The first-order valence-electron chi connectivity index (χ1n) is 6.78. The van der Waals surface area contributed by atoms with Gasteiger partial charge in [-0.1, -0.05) is 12.1 Å². The van der Waals surface area contributed by atoms with E-state index in [1.807, 2.05) is 13.1 Å². The molecule has 2 rings (SSSR count). The van der Waals surface area contributed by atoms with Crippen LogP contribution >= 0.6 is 0 Å². The second-order valence-corrected chi connectivity index (χ2v) is 6.41. The summed E-state index contributed by atoms with van der Waals surface area (Å²) in [6.07, 6.45) is 3.73. The van der Waals surface area contributed by atoms with Gasteiger partial charge in [0.2, 0.25) is 10.0 Å². The number of aromatic nitrogens is 2. The van der Waals surface area contributed by atoms with Gasteiger partial charge >= 0.3 is 0 Å². The molecule has 0 radical (unpaired) electrons. The van der Waals surface area contributed by atoms with Crippen LogP contribution in [0.1, 0.15) is 31.3 Å². The van der Waals surface area contributed by atoms with Gasteiger partial charge in [0.15, 0.2) is 0 Å². The summed E-state index contributed by atoms with van der Waals surface area (Å²) in [7, 11) is -3.64. The highest BCUT2D eigenvalue weighted by Crippen LogP contribution is 2.16. The minimum Gasteiger partial charge on any atom is -0.334 e. The number of imidazole rings is 1. The predicted octanol–water partition coefficient (Wildman–Crippen LogP) is 1.40. The number of benzene rings is 1. The van der Waals surface area contributed by atoms with Crippen LogP contribution in [0.25, 0.3) is 0 Å². The Morgan fingerprint density at radius 1 is 1.33 bits per heavy atom. The zero-order valence-corrected chi connectivity index (χ0v) is 13.0. The topological polar surface area (TPSA) is 90.0 Å². The van der Waals surface area contributed by atoms with Crippen LogP contribution in [0.5, 0.6) is 0 Å². The molecule has 0 spiro atoms. The average molecular weight is 308 g/mol. The summed E-state index contributed by atoms with van der Waals surface area (Å²) in [4.78, 5) is 4.43. The number of hydrogen-bond donors (Lipinski definition) is 2. The second kappa shape index (κ2) is 6.38. The molecular formula is C14H20N4O2S. The summed E-state index contributed by atoms with van der Waals surface area (Å²) < 4.78 is 24.5. The zero-order chi connectivity index (χ0) is 15.5. The number of sulfonamides is 1. The zero-order valence-electron chi connectivity index (χ0n) is 12.2. The van der Waals surface area contributed by atoms with Gasteiger partial charge in [0.1, 0.15) is 5.82 Å². The molecule has 0 saturated carbocycles. The molecule has 2 aromatic rings. The van der Waals surface area contributed by atoms with Gasteiger partial charge in [0.25, 0.3) is 0 Å². The Balaban J connectivity index is 2.02. The van der Waals surface area contributed by atoms with E-state index >= 15 is 0 Å². The highest BCUT2D eigenvalue weighted by atomic mass is 32.2. The molecule has 1 heterocycles. The van der Waals surface area contributed by atoms with E-state index in [4.69, 9.17) is 5.14 Å². The van der Waals surface area contributed by atoms with Crippen LogP contribution in [0.4, 0.5) is 0 Å². The third-order valence-corrected chi connectivity index (χ3v) is 4.35. The highest BCUT2D eigenvalue weighted by molar-refractivity contribution is 7.89. The minimum absolute atomic E-state index is 0.0848. The number of rotatable bonds is 6. The van der Waals surface area contributed by atoms with E-state index < -0.39 is 10.0 Å². The standard InChI is InChI=1S/C14H20N4O2S/c1-3-18-9-8-16-14(18)10-17-11(2)12-4-6-13(7-5-12)21(15,19)20/h4-9,11,17H,3,10H2,1-2H3,(H2,15,19,20). The third-order valence-electron chi connectivity index (χ3n) is 3.42. The first kappa shape index (κ1) is 15.7. The Bertz CT molecular complexity index is 692. The normalized spacial score (nSPS) is 13.3. The lowest BCUT2D eigenvalue weighted by molar-refractivity contribution is 0.540. The van der Waals surface area contributed by atoms with Crippen LogP contribution < -0.4 is 10.5 Å². The maximum absolute atomic E-state index is 11.2. The molecule has 6 nitrogen and oxygen atoms in total. The first-order chi connectivity index (χ1) is 9.91. The fourth-order valence-corrected chi connectivity index (χ4v) is 2.62. The summed E-state index contributed by atoms with van der Waals surface area (Å²) in [5, 5.41) is 8.45. The Kier molecular flexibility index (Phi) is 4.76. The molecule has 0 bridgehead atoms. The van der Waals surface area contributed by atoms with E-state index in [9.17, 15) is 8.42 Å². The van der Waals surface area contributed by atoms with Crippen molar-refractivity contribution >= 4 is 10.0 Å². The smallest absolute Gasteiger partial charge is 0.238 e. The van der Waals surface area contributed by atoms with Crippen molar-refractivity contribution in [3.63, 3.8) is 0 Å². The third kappa shape index (κ3) is 3.90. The van der Waals surface area contributed by atoms with Crippen LogP contribution in [0, 0.1) is 0 Å². The van der Waals surface area contributed by atoms with Crippen molar-refractivity contribution in [2.75, 3.05) is 0 Å². The van der Waals surface area contributed by atoms with Gasteiger partial charge in [-0.3, -0.25) is 0 Å². The summed E-state index contributed by atoms with van der Waals surface area (Å²) >= 11 is 0. The SMILES string of the molecule is CCn1ccnc1CNC(C)c1ccc(S(N)(=O)=O)cc1. The van der Waals surface area contributed by atoms with Crippen LogP contribution in [0.15, 0.2) is 41.6 Å².